The van der Waals surface area contributed by atoms with Gasteiger partial charge >= 0.3 is 5.76 Å². The monoisotopic (exact) mass is 301 g/mol. The summed E-state index contributed by atoms with van der Waals surface area (Å²) in [5.74, 6) is 0.520. The van der Waals surface area contributed by atoms with Crippen molar-refractivity contribution in [1.82, 2.24) is 14.6 Å². The maximum Gasteiger partial charge on any atom is 0.419 e. The quantitative estimate of drug-likeness (QED) is 0.699. The van der Waals surface area contributed by atoms with Gasteiger partial charge in [-0.3, -0.25) is 9.47 Å². The van der Waals surface area contributed by atoms with Crippen LogP contribution in [0.5, 0.6) is 0 Å². The summed E-state index contributed by atoms with van der Waals surface area (Å²) in [6, 6.07) is 9.42. The number of oxazole rings is 1. The Kier molecular flexibility index (Phi) is 4.11. The van der Waals surface area contributed by atoms with Gasteiger partial charge in [0.1, 0.15) is 0 Å². The minimum Gasteiger partial charge on any atom is -0.408 e. The predicted octanol–water partition coefficient (Wildman–Crippen LogP) is 2.28. The van der Waals surface area contributed by atoms with Gasteiger partial charge in [-0.1, -0.05) is 24.2 Å². The van der Waals surface area contributed by atoms with Crippen LogP contribution in [0.2, 0.25) is 0 Å². The van der Waals surface area contributed by atoms with Gasteiger partial charge < -0.3 is 8.94 Å². The molecule has 3 rings (SSSR count). The van der Waals surface area contributed by atoms with Crippen LogP contribution in [0.3, 0.4) is 0 Å². The largest absolute Gasteiger partial charge is 0.419 e. The van der Waals surface area contributed by atoms with Crippen LogP contribution in [0.25, 0.3) is 11.1 Å². The Labute approximate surface area is 127 Å². The van der Waals surface area contributed by atoms with Gasteiger partial charge in [0.05, 0.1) is 17.8 Å². The number of benzene rings is 1. The lowest BCUT2D eigenvalue weighted by molar-refractivity contribution is 0.262. The lowest BCUT2D eigenvalue weighted by atomic mass is 10.3. The molecule has 0 saturated heterocycles. The maximum atomic E-state index is 11.9. The van der Waals surface area contributed by atoms with Crippen LogP contribution in [-0.2, 0) is 19.5 Å². The Morgan fingerprint density at radius 3 is 2.91 bits per heavy atom. The molecular weight excluding hydrogens is 282 g/mol. The highest BCUT2D eigenvalue weighted by Crippen LogP contribution is 2.12. The fraction of sp³-hybridized carbons (Fsp3) is 0.375. The summed E-state index contributed by atoms with van der Waals surface area (Å²) in [4.78, 5) is 14.0. The second kappa shape index (κ2) is 6.19. The van der Waals surface area contributed by atoms with E-state index in [1.165, 1.54) is 0 Å². The molecule has 6 nitrogen and oxygen atoms in total. The van der Waals surface area contributed by atoms with Crippen molar-refractivity contribution in [2.45, 2.75) is 26.4 Å². The molecule has 0 spiro atoms. The molecule has 0 aliphatic rings. The Morgan fingerprint density at radius 1 is 1.32 bits per heavy atom. The molecule has 0 fully saturated rings. The van der Waals surface area contributed by atoms with Crippen molar-refractivity contribution in [1.29, 1.82) is 0 Å². The second-order valence-corrected chi connectivity index (χ2v) is 5.36. The predicted molar refractivity (Wildman–Crippen MR) is 82.7 cm³/mol. The molecule has 116 valence electrons. The Morgan fingerprint density at radius 2 is 2.14 bits per heavy atom. The normalized spacial score (nSPS) is 11.6. The molecule has 0 N–H and O–H groups in total. The Hall–Kier alpha value is -2.34. The summed E-state index contributed by atoms with van der Waals surface area (Å²) in [6.07, 6.45) is 0.865. The van der Waals surface area contributed by atoms with Gasteiger partial charge in [-0.25, -0.2) is 4.79 Å². The third-order valence-corrected chi connectivity index (χ3v) is 3.67. The van der Waals surface area contributed by atoms with E-state index in [9.17, 15) is 4.79 Å². The lowest BCUT2D eigenvalue weighted by Crippen LogP contribution is -2.26. The zero-order valence-electron chi connectivity index (χ0n) is 12.8. The third-order valence-electron chi connectivity index (χ3n) is 3.67. The van der Waals surface area contributed by atoms with Crippen LogP contribution in [0.4, 0.5) is 0 Å². The van der Waals surface area contributed by atoms with Crippen LogP contribution in [0.15, 0.2) is 44.1 Å². The standard InChI is InChI=1S/C16H19N3O3/c1-3-12-10-13(22-17-12)11-18(2)8-9-19-14-6-4-5-7-15(14)21-16(19)20/h4-7,10H,3,8-9,11H2,1-2H3. The number of aromatic nitrogens is 2. The zero-order valence-corrected chi connectivity index (χ0v) is 12.8. The van der Waals surface area contributed by atoms with Crippen LogP contribution >= 0.6 is 0 Å². The molecule has 0 aliphatic carbocycles. The SMILES string of the molecule is CCc1cc(CN(C)CCn2c(=O)oc3ccccc32)on1. The first kappa shape index (κ1) is 14.6. The molecule has 0 saturated carbocycles. The van der Waals surface area contributed by atoms with Crippen LogP contribution in [-0.4, -0.2) is 28.2 Å². The first-order valence-corrected chi connectivity index (χ1v) is 7.38. The van der Waals surface area contributed by atoms with E-state index in [0.29, 0.717) is 25.2 Å². The molecule has 3 aromatic rings. The van der Waals surface area contributed by atoms with E-state index >= 15 is 0 Å². The van der Waals surface area contributed by atoms with E-state index in [0.717, 1.165) is 23.4 Å². The molecule has 0 aliphatic heterocycles. The van der Waals surface area contributed by atoms with Crippen LogP contribution < -0.4 is 5.76 Å². The maximum absolute atomic E-state index is 11.9. The van der Waals surface area contributed by atoms with Crippen molar-refractivity contribution in [2.24, 2.45) is 0 Å². The third kappa shape index (κ3) is 2.96. The summed E-state index contributed by atoms with van der Waals surface area (Å²) in [7, 11) is 1.99. The minimum atomic E-state index is -0.317. The highest BCUT2D eigenvalue weighted by molar-refractivity contribution is 5.72. The minimum absolute atomic E-state index is 0.317. The average Bonchev–Trinajstić information content (AvgIpc) is 3.08. The van der Waals surface area contributed by atoms with Gasteiger partial charge in [0.25, 0.3) is 0 Å². The van der Waals surface area contributed by atoms with Crippen molar-refractivity contribution in [3.05, 3.63) is 52.3 Å². The first-order valence-electron chi connectivity index (χ1n) is 7.38. The number of likely N-dealkylation sites (N-methyl/N-ethyl adjacent to an activating group) is 1. The molecule has 1 aromatic carbocycles. The number of hydrogen-bond donors (Lipinski definition) is 0. The summed E-state index contributed by atoms with van der Waals surface area (Å²) >= 11 is 0. The molecule has 0 unspecified atom stereocenters. The smallest absolute Gasteiger partial charge is 0.408 e. The lowest BCUT2D eigenvalue weighted by Gasteiger charge is -2.14. The van der Waals surface area contributed by atoms with Crippen molar-refractivity contribution in [3.63, 3.8) is 0 Å². The van der Waals surface area contributed by atoms with E-state index in [4.69, 9.17) is 8.94 Å². The Bertz CT molecular complexity index is 815. The van der Waals surface area contributed by atoms with Crippen LogP contribution in [0.1, 0.15) is 18.4 Å². The number of para-hydroxylation sites is 2. The molecule has 6 heteroatoms. The average molecular weight is 301 g/mol. The van der Waals surface area contributed by atoms with Gasteiger partial charge in [0, 0.05) is 19.2 Å². The highest BCUT2D eigenvalue weighted by atomic mass is 16.5. The summed E-state index contributed by atoms with van der Waals surface area (Å²) < 4.78 is 12.2. The van der Waals surface area contributed by atoms with Gasteiger partial charge in [-0.15, -0.1) is 0 Å². The Balaban J connectivity index is 1.66. The molecule has 0 atom stereocenters. The topological polar surface area (TPSA) is 64.4 Å². The molecule has 2 heterocycles. The molecule has 0 bridgehead atoms. The van der Waals surface area contributed by atoms with Crippen molar-refractivity contribution >= 4 is 11.1 Å². The first-order chi connectivity index (χ1) is 10.7. The number of nitrogens with zero attached hydrogens (tertiary/aromatic N) is 3. The fourth-order valence-electron chi connectivity index (χ4n) is 2.44. The van der Waals surface area contributed by atoms with Crippen molar-refractivity contribution in [3.8, 4) is 0 Å². The molecular formula is C16H19N3O3. The molecule has 22 heavy (non-hydrogen) atoms. The van der Waals surface area contributed by atoms with Gasteiger partial charge in [-0.2, -0.15) is 0 Å². The van der Waals surface area contributed by atoms with Crippen molar-refractivity contribution < 1.29 is 8.94 Å². The molecule has 2 aromatic heterocycles. The van der Waals surface area contributed by atoms with E-state index < -0.39 is 0 Å². The van der Waals surface area contributed by atoms with Crippen molar-refractivity contribution in [2.75, 3.05) is 13.6 Å². The van der Waals surface area contributed by atoms with E-state index in [2.05, 4.69) is 10.1 Å². The van der Waals surface area contributed by atoms with E-state index in [-0.39, 0.29) is 5.76 Å². The highest BCUT2D eigenvalue weighted by Gasteiger charge is 2.10. The molecule has 0 amide bonds. The van der Waals surface area contributed by atoms with E-state index in [1.807, 2.05) is 38.2 Å². The second-order valence-electron chi connectivity index (χ2n) is 5.36. The van der Waals surface area contributed by atoms with Gasteiger partial charge in [0.15, 0.2) is 11.3 Å². The molecule has 0 radical (unpaired) electrons. The van der Waals surface area contributed by atoms with Crippen LogP contribution in [0, 0.1) is 0 Å². The summed E-state index contributed by atoms with van der Waals surface area (Å²) in [5, 5.41) is 3.98. The van der Waals surface area contributed by atoms with E-state index in [1.54, 1.807) is 10.6 Å². The fourth-order valence-corrected chi connectivity index (χ4v) is 2.44. The number of fused-ring (bicyclic) bond motifs is 1. The zero-order chi connectivity index (χ0) is 15.5. The summed E-state index contributed by atoms with van der Waals surface area (Å²) in [5.41, 5.74) is 2.41. The van der Waals surface area contributed by atoms with Gasteiger partial charge in [-0.05, 0) is 25.6 Å². The summed E-state index contributed by atoms with van der Waals surface area (Å²) in [6.45, 7) is 3.99. The van der Waals surface area contributed by atoms with Gasteiger partial charge in [0.2, 0.25) is 0 Å². The number of hydrogen-bond acceptors (Lipinski definition) is 5. The number of rotatable bonds is 6. The number of aryl methyl sites for hydroxylation is 1.